The highest BCUT2D eigenvalue weighted by atomic mass is 16.7. The molecular weight excluding hydrogens is 392 g/mol. The zero-order valence-electron chi connectivity index (χ0n) is 18.9. The first kappa shape index (κ1) is 21.8. The molecular formula is C24H34N4O3. The molecule has 1 aliphatic heterocycles. The Morgan fingerprint density at radius 3 is 2.74 bits per heavy atom. The number of aromatic nitrogens is 2. The lowest BCUT2D eigenvalue weighted by molar-refractivity contribution is 0.0226. The Morgan fingerprint density at radius 1 is 1.13 bits per heavy atom. The van der Waals surface area contributed by atoms with E-state index < -0.39 is 0 Å². The van der Waals surface area contributed by atoms with Gasteiger partial charge in [-0.05, 0) is 76.7 Å². The van der Waals surface area contributed by atoms with E-state index in [1.54, 1.807) is 7.11 Å². The third-order valence-electron chi connectivity index (χ3n) is 6.20. The molecule has 0 radical (unpaired) electrons. The van der Waals surface area contributed by atoms with Crippen LogP contribution in [0.15, 0.2) is 18.2 Å². The summed E-state index contributed by atoms with van der Waals surface area (Å²) in [5.74, 6) is 2.42. The van der Waals surface area contributed by atoms with E-state index >= 15 is 0 Å². The number of ether oxygens (including phenoxy) is 3. The van der Waals surface area contributed by atoms with Crippen molar-refractivity contribution in [1.29, 1.82) is 0 Å². The van der Waals surface area contributed by atoms with E-state index in [0.29, 0.717) is 18.4 Å². The van der Waals surface area contributed by atoms with E-state index in [-0.39, 0.29) is 6.79 Å². The maximum Gasteiger partial charge on any atom is 0.189 e. The SMILES string of the molecule is CCOCOc1cc(OC)ccc1-c1nnc(NC2CCCN(C)C2)c2c1CCCC2. The Morgan fingerprint density at radius 2 is 1.97 bits per heavy atom. The number of hydrogen-bond donors (Lipinski definition) is 1. The second-order valence-electron chi connectivity index (χ2n) is 8.42. The van der Waals surface area contributed by atoms with Crippen molar-refractivity contribution in [2.45, 2.75) is 51.5 Å². The van der Waals surface area contributed by atoms with Crippen molar-refractivity contribution in [1.82, 2.24) is 15.1 Å². The van der Waals surface area contributed by atoms with Crippen molar-refractivity contribution >= 4 is 5.82 Å². The van der Waals surface area contributed by atoms with Gasteiger partial charge in [0.1, 0.15) is 17.2 Å². The summed E-state index contributed by atoms with van der Waals surface area (Å²) in [5, 5.41) is 13.1. The number of anilines is 1. The maximum absolute atomic E-state index is 5.94. The van der Waals surface area contributed by atoms with E-state index in [0.717, 1.165) is 42.2 Å². The Labute approximate surface area is 185 Å². The Bertz CT molecular complexity index is 889. The fourth-order valence-corrected chi connectivity index (χ4v) is 4.59. The molecule has 1 unspecified atom stereocenters. The molecule has 2 heterocycles. The third kappa shape index (κ3) is 5.10. The van der Waals surface area contributed by atoms with Gasteiger partial charge in [-0.2, -0.15) is 0 Å². The van der Waals surface area contributed by atoms with Crippen molar-refractivity contribution in [2.24, 2.45) is 0 Å². The molecule has 0 spiro atoms. The predicted octanol–water partition coefficient (Wildman–Crippen LogP) is 3.91. The van der Waals surface area contributed by atoms with Crippen LogP contribution in [0.25, 0.3) is 11.3 Å². The Balaban J connectivity index is 1.67. The lowest BCUT2D eigenvalue weighted by atomic mass is 9.89. The van der Waals surface area contributed by atoms with Crippen molar-refractivity contribution in [3.8, 4) is 22.8 Å². The van der Waals surface area contributed by atoms with E-state index in [2.05, 4.69) is 22.4 Å². The first-order valence-corrected chi connectivity index (χ1v) is 11.4. The molecule has 7 nitrogen and oxygen atoms in total. The lowest BCUT2D eigenvalue weighted by Gasteiger charge is -2.31. The third-order valence-corrected chi connectivity index (χ3v) is 6.20. The van der Waals surface area contributed by atoms with Gasteiger partial charge < -0.3 is 24.4 Å². The van der Waals surface area contributed by atoms with Crippen LogP contribution in [0.5, 0.6) is 11.5 Å². The van der Waals surface area contributed by atoms with Crippen molar-refractivity contribution < 1.29 is 14.2 Å². The van der Waals surface area contributed by atoms with Crippen LogP contribution in [0.3, 0.4) is 0 Å². The monoisotopic (exact) mass is 426 g/mol. The number of nitrogens with zero attached hydrogens (tertiary/aromatic N) is 3. The average Bonchev–Trinajstić information content (AvgIpc) is 2.80. The van der Waals surface area contributed by atoms with E-state index in [1.165, 1.54) is 43.4 Å². The van der Waals surface area contributed by atoms with Crippen LogP contribution in [0.2, 0.25) is 0 Å². The highest BCUT2D eigenvalue weighted by Gasteiger charge is 2.25. The predicted molar refractivity (Wildman–Crippen MR) is 122 cm³/mol. The molecule has 1 aliphatic carbocycles. The number of fused-ring (bicyclic) bond motifs is 1. The highest BCUT2D eigenvalue weighted by molar-refractivity contribution is 5.74. The van der Waals surface area contributed by atoms with Crippen LogP contribution in [0, 0.1) is 0 Å². The number of benzene rings is 1. The molecule has 1 N–H and O–H groups in total. The van der Waals surface area contributed by atoms with Gasteiger partial charge in [-0.1, -0.05) is 0 Å². The topological polar surface area (TPSA) is 68.7 Å². The number of methoxy groups -OCH3 is 1. The van der Waals surface area contributed by atoms with Crippen LogP contribution < -0.4 is 14.8 Å². The van der Waals surface area contributed by atoms with E-state index in [9.17, 15) is 0 Å². The zero-order chi connectivity index (χ0) is 21.6. The number of piperidine rings is 1. The molecule has 1 atom stereocenters. The molecule has 31 heavy (non-hydrogen) atoms. The summed E-state index contributed by atoms with van der Waals surface area (Å²) in [4.78, 5) is 2.38. The summed E-state index contributed by atoms with van der Waals surface area (Å²) in [5.41, 5.74) is 4.46. The fourth-order valence-electron chi connectivity index (χ4n) is 4.59. The summed E-state index contributed by atoms with van der Waals surface area (Å²) >= 11 is 0. The first-order chi connectivity index (χ1) is 15.2. The highest BCUT2D eigenvalue weighted by Crippen LogP contribution is 2.39. The maximum atomic E-state index is 5.94. The van der Waals surface area contributed by atoms with Gasteiger partial charge in [0, 0.05) is 36.4 Å². The van der Waals surface area contributed by atoms with Gasteiger partial charge in [0.05, 0.1) is 7.11 Å². The quantitative estimate of drug-likeness (QED) is 0.507. The fraction of sp³-hybridized carbons (Fsp3) is 0.583. The number of likely N-dealkylation sites (N-methyl/N-ethyl adjacent to an activating group) is 1. The molecule has 0 saturated carbocycles. The summed E-state index contributed by atoms with van der Waals surface area (Å²) in [7, 11) is 3.84. The molecule has 4 rings (SSSR count). The van der Waals surface area contributed by atoms with Crippen LogP contribution in [0.1, 0.15) is 43.7 Å². The number of likely N-dealkylation sites (tertiary alicyclic amines) is 1. The summed E-state index contributed by atoms with van der Waals surface area (Å²) in [6.45, 7) is 4.97. The van der Waals surface area contributed by atoms with Gasteiger partial charge in [-0.15, -0.1) is 10.2 Å². The van der Waals surface area contributed by atoms with Crippen LogP contribution >= 0.6 is 0 Å². The van der Waals surface area contributed by atoms with Crippen LogP contribution in [-0.4, -0.2) is 61.8 Å². The molecule has 1 saturated heterocycles. The minimum atomic E-state index is 0.196. The van der Waals surface area contributed by atoms with Gasteiger partial charge in [0.15, 0.2) is 12.6 Å². The Hall–Kier alpha value is -2.38. The first-order valence-electron chi connectivity index (χ1n) is 11.4. The second-order valence-corrected chi connectivity index (χ2v) is 8.42. The van der Waals surface area contributed by atoms with Gasteiger partial charge in [0.25, 0.3) is 0 Å². The molecule has 7 heteroatoms. The minimum Gasteiger partial charge on any atom is -0.497 e. The van der Waals surface area contributed by atoms with E-state index in [1.807, 2.05) is 25.1 Å². The normalized spacial score (nSPS) is 19.0. The Kier molecular flexibility index (Phi) is 7.25. The standard InChI is InChI=1S/C24H34N4O3/c1-4-30-16-31-22-14-18(29-3)11-12-21(22)23-19-9-5-6-10-20(19)24(27-26-23)25-17-8-7-13-28(2)15-17/h11-12,14,17H,4-10,13,15-16H2,1-3H3,(H,25,27). The van der Waals surface area contributed by atoms with Gasteiger partial charge >= 0.3 is 0 Å². The lowest BCUT2D eigenvalue weighted by Crippen LogP contribution is -2.40. The molecule has 1 aromatic carbocycles. The summed E-state index contributed by atoms with van der Waals surface area (Å²) < 4.78 is 16.8. The van der Waals surface area contributed by atoms with Crippen molar-refractivity contribution in [3.05, 3.63) is 29.3 Å². The number of hydrogen-bond acceptors (Lipinski definition) is 7. The number of nitrogens with one attached hydrogen (secondary N) is 1. The van der Waals surface area contributed by atoms with E-state index in [4.69, 9.17) is 19.3 Å². The van der Waals surface area contributed by atoms with Gasteiger partial charge in [0.2, 0.25) is 0 Å². The average molecular weight is 427 g/mol. The second kappa shape index (κ2) is 10.3. The summed E-state index contributed by atoms with van der Waals surface area (Å²) in [6.07, 6.45) is 6.80. The van der Waals surface area contributed by atoms with Crippen LogP contribution in [-0.2, 0) is 17.6 Å². The van der Waals surface area contributed by atoms with Crippen molar-refractivity contribution in [3.63, 3.8) is 0 Å². The number of rotatable bonds is 8. The molecule has 1 fully saturated rings. The molecule has 2 aliphatic rings. The van der Waals surface area contributed by atoms with Gasteiger partial charge in [-0.25, -0.2) is 0 Å². The molecule has 168 valence electrons. The molecule has 0 amide bonds. The minimum absolute atomic E-state index is 0.196. The molecule has 0 bridgehead atoms. The smallest absolute Gasteiger partial charge is 0.189 e. The van der Waals surface area contributed by atoms with Crippen LogP contribution in [0.4, 0.5) is 5.82 Å². The summed E-state index contributed by atoms with van der Waals surface area (Å²) in [6, 6.07) is 6.29. The molecule has 2 aromatic rings. The van der Waals surface area contributed by atoms with Crippen molar-refractivity contribution in [2.75, 3.05) is 46.0 Å². The zero-order valence-corrected chi connectivity index (χ0v) is 18.9. The van der Waals surface area contributed by atoms with Gasteiger partial charge in [-0.3, -0.25) is 0 Å². The largest absolute Gasteiger partial charge is 0.497 e. The molecule has 1 aromatic heterocycles.